The molecule has 3 rings (SSSR count). The first-order valence-electron chi connectivity index (χ1n) is 8.63. The molecule has 3 aromatic rings. The molecule has 0 aliphatic carbocycles. The second-order valence-electron chi connectivity index (χ2n) is 6.02. The molecular formula is C20H17ClN2O6S. The Morgan fingerprint density at radius 1 is 1.17 bits per heavy atom. The number of ether oxygens (including phenoxy) is 2. The van der Waals surface area contributed by atoms with E-state index in [4.69, 9.17) is 25.5 Å². The number of carbonyl (C=O) groups excluding carboxylic acids is 3. The summed E-state index contributed by atoms with van der Waals surface area (Å²) in [6, 6.07) is 9.42. The van der Waals surface area contributed by atoms with E-state index < -0.39 is 24.4 Å². The highest BCUT2D eigenvalue weighted by atomic mass is 35.5. The molecule has 2 heterocycles. The molecule has 0 fully saturated rings. The van der Waals surface area contributed by atoms with Crippen LogP contribution in [0.2, 0.25) is 5.02 Å². The highest BCUT2D eigenvalue weighted by Crippen LogP contribution is 2.31. The van der Waals surface area contributed by atoms with E-state index in [1.807, 2.05) is 0 Å². The molecule has 10 heteroatoms. The second kappa shape index (κ2) is 9.47. The van der Waals surface area contributed by atoms with Gasteiger partial charge in [-0.25, -0.2) is 4.79 Å². The first-order chi connectivity index (χ1) is 14.4. The maximum absolute atomic E-state index is 12.2. The molecule has 0 aliphatic rings. The maximum Gasteiger partial charge on any atom is 0.348 e. The zero-order valence-corrected chi connectivity index (χ0v) is 17.6. The Bertz CT molecular complexity index is 1080. The van der Waals surface area contributed by atoms with Gasteiger partial charge < -0.3 is 24.5 Å². The van der Waals surface area contributed by atoms with Gasteiger partial charge in [-0.05, 0) is 42.8 Å². The molecule has 0 bridgehead atoms. The quantitative estimate of drug-likeness (QED) is 0.520. The number of carbonyl (C=O) groups is 3. The number of halogens is 1. The zero-order valence-electron chi connectivity index (χ0n) is 16.0. The van der Waals surface area contributed by atoms with Gasteiger partial charge >= 0.3 is 5.97 Å². The Balaban J connectivity index is 1.54. The van der Waals surface area contributed by atoms with Gasteiger partial charge in [-0.3, -0.25) is 9.59 Å². The van der Waals surface area contributed by atoms with Gasteiger partial charge in [0.25, 0.3) is 11.8 Å². The van der Waals surface area contributed by atoms with Gasteiger partial charge in [0, 0.05) is 11.1 Å². The van der Waals surface area contributed by atoms with Gasteiger partial charge in [-0.2, -0.15) is 0 Å². The Labute approximate surface area is 180 Å². The van der Waals surface area contributed by atoms with Crippen LogP contribution in [0, 0.1) is 6.92 Å². The van der Waals surface area contributed by atoms with Gasteiger partial charge in [0.05, 0.1) is 24.1 Å². The van der Waals surface area contributed by atoms with Crippen LogP contribution < -0.4 is 15.4 Å². The third-order valence-electron chi connectivity index (χ3n) is 3.88. The first-order valence-corrected chi connectivity index (χ1v) is 9.82. The molecule has 2 N–H and O–H groups in total. The Morgan fingerprint density at radius 3 is 2.67 bits per heavy atom. The van der Waals surface area contributed by atoms with E-state index in [2.05, 4.69) is 10.6 Å². The van der Waals surface area contributed by atoms with Crippen LogP contribution in [0.5, 0.6) is 5.75 Å². The number of thiophene rings is 1. The lowest BCUT2D eigenvalue weighted by atomic mass is 10.2. The summed E-state index contributed by atoms with van der Waals surface area (Å²) < 4.78 is 15.2. The minimum atomic E-state index is -0.687. The molecule has 0 atom stereocenters. The van der Waals surface area contributed by atoms with Crippen LogP contribution in [0.1, 0.15) is 25.8 Å². The van der Waals surface area contributed by atoms with E-state index >= 15 is 0 Å². The molecule has 8 nitrogen and oxygen atoms in total. The average molecular weight is 449 g/mol. The van der Waals surface area contributed by atoms with Crippen molar-refractivity contribution < 1.29 is 28.3 Å². The van der Waals surface area contributed by atoms with Crippen molar-refractivity contribution in [1.82, 2.24) is 0 Å². The molecule has 2 aromatic heterocycles. The van der Waals surface area contributed by atoms with Crippen molar-refractivity contribution in [2.24, 2.45) is 0 Å². The van der Waals surface area contributed by atoms with Crippen LogP contribution in [0.4, 0.5) is 10.7 Å². The molecule has 0 spiro atoms. The van der Waals surface area contributed by atoms with Crippen LogP contribution in [0.3, 0.4) is 0 Å². The van der Waals surface area contributed by atoms with Gasteiger partial charge in [0.15, 0.2) is 12.4 Å². The average Bonchev–Trinajstić information content (AvgIpc) is 3.41. The number of benzene rings is 1. The zero-order chi connectivity index (χ0) is 21.7. The predicted octanol–water partition coefficient (Wildman–Crippen LogP) is 4.36. The fraction of sp³-hybridized carbons (Fsp3) is 0.150. The van der Waals surface area contributed by atoms with Crippen LogP contribution in [-0.4, -0.2) is 31.5 Å². The first kappa shape index (κ1) is 21.4. The van der Waals surface area contributed by atoms with Gasteiger partial charge in [-0.15, -0.1) is 11.3 Å². The van der Waals surface area contributed by atoms with Crippen LogP contribution in [0.25, 0.3) is 0 Å². The second-order valence-corrected chi connectivity index (χ2v) is 7.51. The predicted molar refractivity (Wildman–Crippen MR) is 113 cm³/mol. The Morgan fingerprint density at radius 2 is 1.97 bits per heavy atom. The molecule has 0 aliphatic heterocycles. The van der Waals surface area contributed by atoms with Crippen molar-refractivity contribution in [3.63, 3.8) is 0 Å². The van der Waals surface area contributed by atoms with Gasteiger partial charge in [-0.1, -0.05) is 11.6 Å². The summed E-state index contributed by atoms with van der Waals surface area (Å²) in [6.07, 6.45) is 1.39. The van der Waals surface area contributed by atoms with E-state index in [0.29, 0.717) is 21.5 Å². The van der Waals surface area contributed by atoms with Crippen molar-refractivity contribution in [3.05, 3.63) is 63.9 Å². The van der Waals surface area contributed by atoms with Crippen molar-refractivity contribution in [2.45, 2.75) is 6.92 Å². The molecule has 0 saturated carbocycles. The molecule has 0 saturated heterocycles. The van der Waals surface area contributed by atoms with E-state index in [1.54, 1.807) is 31.2 Å². The monoisotopic (exact) mass is 448 g/mol. The highest BCUT2D eigenvalue weighted by molar-refractivity contribution is 7.18. The minimum Gasteiger partial charge on any atom is -0.495 e. The van der Waals surface area contributed by atoms with E-state index in [-0.39, 0.29) is 10.6 Å². The smallest absolute Gasteiger partial charge is 0.348 e. The largest absolute Gasteiger partial charge is 0.495 e. The molecule has 2 amide bonds. The lowest BCUT2D eigenvalue weighted by Gasteiger charge is -2.12. The topological polar surface area (TPSA) is 107 Å². The van der Waals surface area contributed by atoms with Crippen LogP contribution in [0.15, 0.2) is 47.1 Å². The fourth-order valence-corrected chi connectivity index (χ4v) is 3.36. The number of furan rings is 1. The summed E-state index contributed by atoms with van der Waals surface area (Å²) in [7, 11) is 1.45. The Kier molecular flexibility index (Phi) is 6.76. The molecular weight excluding hydrogens is 432 g/mol. The summed E-state index contributed by atoms with van der Waals surface area (Å²) in [5.74, 6) is -1.12. The number of aryl methyl sites for hydroxylation is 1. The van der Waals surface area contributed by atoms with Crippen molar-refractivity contribution in [2.75, 3.05) is 24.4 Å². The lowest BCUT2D eigenvalue weighted by Crippen LogP contribution is -2.21. The van der Waals surface area contributed by atoms with Crippen LogP contribution >= 0.6 is 22.9 Å². The third-order valence-corrected chi connectivity index (χ3v) is 5.27. The molecule has 0 unspecified atom stereocenters. The number of esters is 1. The van der Waals surface area contributed by atoms with E-state index in [0.717, 1.165) is 16.9 Å². The lowest BCUT2D eigenvalue weighted by molar-refractivity contribution is -0.119. The summed E-state index contributed by atoms with van der Waals surface area (Å²) in [6.45, 7) is 1.30. The fourth-order valence-electron chi connectivity index (χ4n) is 2.41. The summed E-state index contributed by atoms with van der Waals surface area (Å²) >= 11 is 7.06. The van der Waals surface area contributed by atoms with Crippen molar-refractivity contribution in [3.8, 4) is 5.75 Å². The molecule has 0 radical (unpaired) electrons. The number of amides is 2. The highest BCUT2D eigenvalue weighted by Gasteiger charge is 2.16. The van der Waals surface area contributed by atoms with Crippen LogP contribution in [-0.2, 0) is 9.53 Å². The van der Waals surface area contributed by atoms with Gasteiger partial charge in [0.1, 0.15) is 10.6 Å². The van der Waals surface area contributed by atoms with Crippen molar-refractivity contribution >= 4 is 51.4 Å². The van der Waals surface area contributed by atoms with E-state index in [1.165, 1.54) is 25.5 Å². The summed E-state index contributed by atoms with van der Waals surface area (Å²) in [4.78, 5) is 36.5. The number of anilines is 2. The maximum atomic E-state index is 12.2. The minimum absolute atomic E-state index is 0.150. The third kappa shape index (κ3) is 5.19. The van der Waals surface area contributed by atoms with Gasteiger partial charge in [0.2, 0.25) is 0 Å². The Hall–Kier alpha value is -3.30. The molecule has 156 valence electrons. The summed E-state index contributed by atoms with van der Waals surface area (Å²) in [5.41, 5.74) is 1.17. The standard InChI is InChI=1S/C20H17ClN2O6S/c1-11-8-13(15(27-2)9-12(11)21)22-17(24)10-29-20(26)16-5-6-18(30-16)23-19(25)14-4-3-7-28-14/h3-9H,10H2,1-2H3,(H,22,24)(H,23,25). The van der Waals surface area contributed by atoms with E-state index in [9.17, 15) is 14.4 Å². The SMILES string of the molecule is COc1cc(Cl)c(C)cc1NC(=O)COC(=O)c1ccc(NC(=O)c2ccco2)s1. The number of methoxy groups -OCH3 is 1. The molecule has 30 heavy (non-hydrogen) atoms. The van der Waals surface area contributed by atoms with Crippen molar-refractivity contribution in [1.29, 1.82) is 0 Å². The number of nitrogens with one attached hydrogen (secondary N) is 2. The summed E-state index contributed by atoms with van der Waals surface area (Å²) in [5, 5.41) is 6.18. The number of hydrogen-bond acceptors (Lipinski definition) is 7. The number of rotatable bonds is 7. The normalized spacial score (nSPS) is 10.4. The number of hydrogen-bond donors (Lipinski definition) is 2. The molecule has 1 aromatic carbocycles.